The van der Waals surface area contributed by atoms with Crippen LogP contribution in [0.5, 0.6) is 0 Å². The lowest BCUT2D eigenvalue weighted by Crippen LogP contribution is -2.10. The summed E-state index contributed by atoms with van der Waals surface area (Å²) in [5.41, 5.74) is 0.405. The lowest BCUT2D eigenvalue weighted by atomic mass is 10.1. The normalized spacial score (nSPS) is 11.5. The molecule has 1 aromatic carbocycles. The van der Waals surface area contributed by atoms with Gasteiger partial charge in [0.2, 0.25) is 0 Å². The summed E-state index contributed by atoms with van der Waals surface area (Å²) in [6.45, 7) is 3.88. The Kier molecular flexibility index (Phi) is 6.03. The van der Waals surface area contributed by atoms with Crippen LogP contribution in [0.4, 0.5) is 0 Å². The summed E-state index contributed by atoms with van der Waals surface area (Å²) in [6.07, 6.45) is -0.269. The molecule has 0 N–H and O–H groups in total. The maximum absolute atomic E-state index is 12.2. The second-order valence-electron chi connectivity index (χ2n) is 3.54. The number of carbonyl (C=O) groups excluding carboxylic acids is 1. The highest BCUT2D eigenvalue weighted by atomic mass is 35.5. The molecule has 0 aromatic heterocycles. The van der Waals surface area contributed by atoms with E-state index in [1.165, 1.54) is 6.07 Å². The molecule has 0 aliphatic heterocycles. The van der Waals surface area contributed by atoms with E-state index in [9.17, 15) is 9.36 Å². The van der Waals surface area contributed by atoms with E-state index < -0.39 is 7.60 Å². The first-order valence-corrected chi connectivity index (χ1v) is 7.78. The van der Waals surface area contributed by atoms with Crippen LogP contribution in [0.25, 0.3) is 0 Å². The van der Waals surface area contributed by atoms with Crippen LogP contribution in [0.3, 0.4) is 0 Å². The molecule has 0 amide bonds. The third-order valence-corrected chi connectivity index (χ3v) is 4.35. The Bertz CT molecular complexity index is 451. The van der Waals surface area contributed by atoms with Crippen LogP contribution >= 0.6 is 19.2 Å². The van der Waals surface area contributed by atoms with Crippen molar-refractivity contribution in [1.29, 1.82) is 0 Å². The Balaban J connectivity index is 2.82. The molecule has 0 atom stereocenters. The Morgan fingerprint density at radius 1 is 1.28 bits per heavy atom. The lowest BCUT2D eigenvalue weighted by Gasteiger charge is -2.16. The molecule has 0 spiro atoms. The number of rotatable bonds is 7. The van der Waals surface area contributed by atoms with Gasteiger partial charge in [-0.05, 0) is 26.0 Å². The predicted octanol–water partition coefficient (Wildman–Crippen LogP) is 3.79. The van der Waals surface area contributed by atoms with Gasteiger partial charge in [0.1, 0.15) is 6.16 Å². The molecule has 1 aromatic rings. The zero-order valence-electron chi connectivity index (χ0n) is 10.4. The average Bonchev–Trinajstić information content (AvgIpc) is 2.29. The van der Waals surface area contributed by atoms with E-state index in [1.54, 1.807) is 32.0 Å². The molecule has 0 saturated heterocycles. The van der Waals surface area contributed by atoms with Crippen molar-refractivity contribution in [2.24, 2.45) is 0 Å². The fourth-order valence-corrected chi connectivity index (χ4v) is 3.22. The van der Waals surface area contributed by atoms with Crippen molar-refractivity contribution in [2.75, 3.05) is 19.4 Å². The Labute approximate surface area is 112 Å². The number of hydrogen-bond donors (Lipinski definition) is 0. The van der Waals surface area contributed by atoms with Crippen molar-refractivity contribution in [3.8, 4) is 0 Å². The van der Waals surface area contributed by atoms with E-state index in [0.717, 1.165) is 0 Å². The molecule has 0 heterocycles. The molecule has 0 aliphatic carbocycles. The predicted molar refractivity (Wildman–Crippen MR) is 71.5 cm³/mol. The maximum Gasteiger partial charge on any atom is 0.338 e. The van der Waals surface area contributed by atoms with Gasteiger partial charge in [0.25, 0.3) is 0 Å². The number of hydrogen-bond acceptors (Lipinski definition) is 4. The molecule has 0 bridgehead atoms. The average molecular weight is 291 g/mol. The van der Waals surface area contributed by atoms with E-state index in [0.29, 0.717) is 10.6 Å². The van der Waals surface area contributed by atoms with E-state index in [2.05, 4.69) is 0 Å². The monoisotopic (exact) mass is 290 g/mol. The maximum atomic E-state index is 12.2. The minimum absolute atomic E-state index is 0.236. The van der Waals surface area contributed by atoms with Crippen LogP contribution in [-0.4, -0.2) is 25.2 Å². The Morgan fingerprint density at radius 3 is 2.39 bits per heavy atom. The number of Topliss-reactive ketones (excluding diaryl/α,β-unsaturated/α-hetero) is 1. The summed E-state index contributed by atoms with van der Waals surface area (Å²) < 4.78 is 22.3. The first-order chi connectivity index (χ1) is 8.50. The number of carbonyl (C=O) groups is 1. The van der Waals surface area contributed by atoms with Gasteiger partial charge < -0.3 is 9.05 Å². The molecule has 0 unspecified atom stereocenters. The Morgan fingerprint density at radius 2 is 1.89 bits per heavy atom. The molecule has 6 heteroatoms. The number of ketones is 1. The summed E-state index contributed by atoms with van der Waals surface area (Å²) in [4.78, 5) is 12.0. The highest BCUT2D eigenvalue weighted by Crippen LogP contribution is 2.48. The summed E-state index contributed by atoms with van der Waals surface area (Å²) in [5, 5.41) is 0.462. The first-order valence-electron chi connectivity index (χ1n) is 5.67. The van der Waals surface area contributed by atoms with Gasteiger partial charge in [0.15, 0.2) is 5.78 Å². The molecule has 18 heavy (non-hydrogen) atoms. The largest absolute Gasteiger partial charge is 0.338 e. The van der Waals surface area contributed by atoms with Crippen LogP contribution in [0.2, 0.25) is 5.02 Å². The summed E-state index contributed by atoms with van der Waals surface area (Å²) in [7, 11) is -3.35. The van der Waals surface area contributed by atoms with Gasteiger partial charge in [-0.15, -0.1) is 0 Å². The summed E-state index contributed by atoms with van der Waals surface area (Å²) in [6, 6.07) is 6.49. The zero-order valence-corrected chi connectivity index (χ0v) is 12.0. The third kappa shape index (κ3) is 4.54. The van der Waals surface area contributed by atoms with E-state index >= 15 is 0 Å². The van der Waals surface area contributed by atoms with Gasteiger partial charge in [-0.2, -0.15) is 0 Å². The molecule has 1 rings (SSSR count). The van der Waals surface area contributed by atoms with Gasteiger partial charge >= 0.3 is 7.60 Å². The third-order valence-electron chi connectivity index (χ3n) is 2.14. The van der Waals surface area contributed by atoms with Gasteiger partial charge in [0.05, 0.1) is 13.2 Å². The van der Waals surface area contributed by atoms with Crippen molar-refractivity contribution >= 4 is 25.0 Å². The minimum atomic E-state index is -3.35. The van der Waals surface area contributed by atoms with Crippen LogP contribution in [-0.2, 0) is 13.6 Å². The highest BCUT2D eigenvalue weighted by molar-refractivity contribution is 7.54. The molecule has 0 fully saturated rings. The SMILES string of the molecule is CCOP(=O)(CC(=O)c1cccc(Cl)c1)OCC. The summed E-state index contributed by atoms with van der Waals surface area (Å²) in [5.74, 6) is -0.303. The second kappa shape index (κ2) is 7.05. The smallest absolute Gasteiger partial charge is 0.309 e. The topological polar surface area (TPSA) is 52.6 Å². The molecule has 0 radical (unpaired) electrons. The van der Waals surface area contributed by atoms with Crippen molar-refractivity contribution < 1.29 is 18.4 Å². The first kappa shape index (κ1) is 15.4. The summed E-state index contributed by atoms with van der Waals surface area (Å²) >= 11 is 5.80. The minimum Gasteiger partial charge on any atom is -0.309 e. The van der Waals surface area contributed by atoms with Crippen LogP contribution in [0.1, 0.15) is 24.2 Å². The highest BCUT2D eigenvalue weighted by Gasteiger charge is 2.28. The molecule has 0 aliphatic rings. The van der Waals surface area contributed by atoms with Crippen LogP contribution in [0, 0.1) is 0 Å². The van der Waals surface area contributed by atoms with Crippen molar-refractivity contribution in [2.45, 2.75) is 13.8 Å². The van der Waals surface area contributed by atoms with Crippen molar-refractivity contribution in [3.63, 3.8) is 0 Å². The standard InChI is InChI=1S/C12H16ClO4P/c1-3-16-18(15,17-4-2)9-12(14)10-6-5-7-11(13)8-10/h5-8H,3-4,9H2,1-2H3. The van der Waals surface area contributed by atoms with E-state index in [1.807, 2.05) is 0 Å². The van der Waals surface area contributed by atoms with Gasteiger partial charge in [-0.1, -0.05) is 23.7 Å². The molecule has 100 valence electrons. The fraction of sp³-hybridized carbons (Fsp3) is 0.417. The molecule has 4 nitrogen and oxygen atoms in total. The molecular weight excluding hydrogens is 275 g/mol. The second-order valence-corrected chi connectivity index (χ2v) is 6.03. The quantitative estimate of drug-likeness (QED) is 0.566. The Hall–Kier alpha value is -0.670. The van der Waals surface area contributed by atoms with E-state index in [-0.39, 0.29) is 25.2 Å². The fourth-order valence-electron chi connectivity index (χ4n) is 1.45. The van der Waals surface area contributed by atoms with Crippen molar-refractivity contribution in [1.82, 2.24) is 0 Å². The molecule has 0 saturated carbocycles. The molecular formula is C12H16ClO4P. The number of halogens is 1. The van der Waals surface area contributed by atoms with Crippen LogP contribution < -0.4 is 0 Å². The number of benzene rings is 1. The van der Waals surface area contributed by atoms with Gasteiger partial charge in [0, 0.05) is 10.6 Å². The van der Waals surface area contributed by atoms with Gasteiger partial charge in [-0.25, -0.2) is 0 Å². The van der Waals surface area contributed by atoms with E-state index in [4.69, 9.17) is 20.6 Å². The van der Waals surface area contributed by atoms with Crippen molar-refractivity contribution in [3.05, 3.63) is 34.9 Å². The van der Waals surface area contributed by atoms with Gasteiger partial charge in [-0.3, -0.25) is 9.36 Å². The lowest BCUT2D eigenvalue weighted by molar-refractivity contribution is 0.100. The zero-order chi connectivity index (χ0) is 13.6. The van der Waals surface area contributed by atoms with Crippen LogP contribution in [0.15, 0.2) is 24.3 Å².